The van der Waals surface area contributed by atoms with Crippen molar-refractivity contribution in [3.05, 3.63) is 0 Å². The van der Waals surface area contributed by atoms with Crippen molar-refractivity contribution in [2.45, 2.75) is 12.7 Å². The molecule has 0 radical (unpaired) electrons. The summed E-state index contributed by atoms with van der Waals surface area (Å²) in [4.78, 5) is 19.4. The molecule has 0 spiro atoms. The normalized spacial score (nSPS) is 10.9. The van der Waals surface area contributed by atoms with Gasteiger partial charge < -0.3 is 10.2 Å². The molecule has 0 aliphatic carbocycles. The zero-order chi connectivity index (χ0) is 6.78. The van der Waals surface area contributed by atoms with E-state index in [0.29, 0.717) is 0 Å². The third-order valence-electron chi connectivity index (χ3n) is 0.574. The molecule has 0 aromatic heterocycles. The predicted octanol–water partition coefficient (Wildman–Crippen LogP) is -1.54. The van der Waals surface area contributed by atoms with Crippen LogP contribution < -0.4 is 0 Å². The van der Waals surface area contributed by atoms with Crippen molar-refractivity contribution in [1.82, 2.24) is 0 Å². The molecule has 0 amide bonds. The first-order valence-corrected chi connectivity index (χ1v) is 1.93. The highest BCUT2D eigenvalue weighted by molar-refractivity contribution is 6.27. The van der Waals surface area contributed by atoms with Crippen LogP contribution in [0.5, 0.6) is 0 Å². The molecular weight excluding hydrogens is 112 g/mol. The second kappa shape index (κ2) is 2.02. The lowest BCUT2D eigenvalue weighted by Crippen LogP contribution is -2.35. The summed E-state index contributed by atoms with van der Waals surface area (Å²) in [5.74, 6) is -3.74. The standard InChI is InChI=1S/C4H6O4/c1-4(7,8)3(6)2-5/h2,7-8H,1H3. The Balaban J connectivity index is 4.02. The van der Waals surface area contributed by atoms with Gasteiger partial charge in [-0.15, -0.1) is 0 Å². The molecule has 0 rings (SSSR count). The van der Waals surface area contributed by atoms with E-state index < -0.39 is 11.6 Å². The molecule has 4 nitrogen and oxygen atoms in total. The van der Waals surface area contributed by atoms with Crippen LogP contribution in [0.2, 0.25) is 0 Å². The summed E-state index contributed by atoms with van der Waals surface area (Å²) in [6.45, 7) is 0.823. The highest BCUT2D eigenvalue weighted by Gasteiger charge is 2.24. The number of rotatable bonds is 2. The zero-order valence-electron chi connectivity index (χ0n) is 4.29. The van der Waals surface area contributed by atoms with Crippen molar-refractivity contribution in [3.63, 3.8) is 0 Å². The minimum atomic E-state index is -2.50. The lowest BCUT2D eigenvalue weighted by Gasteiger charge is -2.07. The molecule has 8 heavy (non-hydrogen) atoms. The molecule has 0 aromatic rings. The Kier molecular flexibility index (Phi) is 1.83. The molecule has 0 unspecified atom stereocenters. The van der Waals surface area contributed by atoms with Gasteiger partial charge in [-0.2, -0.15) is 0 Å². The van der Waals surface area contributed by atoms with Crippen molar-refractivity contribution in [2.75, 3.05) is 0 Å². The van der Waals surface area contributed by atoms with E-state index in [1.807, 2.05) is 0 Å². The van der Waals surface area contributed by atoms with Gasteiger partial charge in [0.1, 0.15) is 0 Å². The maximum absolute atomic E-state index is 9.97. The summed E-state index contributed by atoms with van der Waals surface area (Å²) in [6, 6.07) is 0. The molecule has 0 fully saturated rings. The lowest BCUT2D eigenvalue weighted by molar-refractivity contribution is -0.175. The number of hydrogen-bond acceptors (Lipinski definition) is 4. The van der Waals surface area contributed by atoms with E-state index in [0.717, 1.165) is 6.92 Å². The van der Waals surface area contributed by atoms with Gasteiger partial charge >= 0.3 is 0 Å². The minimum absolute atomic E-state index is 0.139. The third kappa shape index (κ3) is 1.81. The molecule has 4 heteroatoms. The maximum Gasteiger partial charge on any atom is 0.253 e. The predicted molar refractivity (Wildman–Crippen MR) is 23.9 cm³/mol. The summed E-state index contributed by atoms with van der Waals surface area (Å²) in [7, 11) is 0. The van der Waals surface area contributed by atoms with Crippen LogP contribution in [0.1, 0.15) is 6.92 Å². The minimum Gasteiger partial charge on any atom is -0.360 e. The van der Waals surface area contributed by atoms with Crippen LogP contribution >= 0.6 is 0 Å². The van der Waals surface area contributed by atoms with Gasteiger partial charge in [0.05, 0.1) is 0 Å². The highest BCUT2D eigenvalue weighted by atomic mass is 16.5. The van der Waals surface area contributed by atoms with E-state index in [9.17, 15) is 9.59 Å². The summed E-state index contributed by atoms with van der Waals surface area (Å²) in [5.41, 5.74) is 0. The molecule has 0 bridgehead atoms. The Bertz CT molecular complexity index is 110. The quantitative estimate of drug-likeness (QED) is 0.261. The van der Waals surface area contributed by atoms with E-state index in [4.69, 9.17) is 10.2 Å². The van der Waals surface area contributed by atoms with Gasteiger partial charge in [-0.3, -0.25) is 9.59 Å². The Hall–Kier alpha value is -0.740. The Morgan fingerprint density at radius 3 is 2.00 bits per heavy atom. The van der Waals surface area contributed by atoms with Crippen LogP contribution in [0.25, 0.3) is 0 Å². The van der Waals surface area contributed by atoms with E-state index in [1.165, 1.54) is 0 Å². The molecule has 0 atom stereocenters. The second-order valence-electron chi connectivity index (χ2n) is 1.50. The molecule has 0 aliphatic rings. The van der Waals surface area contributed by atoms with Crippen molar-refractivity contribution < 1.29 is 19.8 Å². The molecule has 0 heterocycles. The molecule has 0 aromatic carbocycles. The van der Waals surface area contributed by atoms with E-state index in [1.54, 1.807) is 0 Å². The van der Waals surface area contributed by atoms with Gasteiger partial charge in [0.2, 0.25) is 5.79 Å². The number of carbonyl (C=O) groups excluding carboxylic acids is 2. The van der Waals surface area contributed by atoms with Gasteiger partial charge in [-0.1, -0.05) is 0 Å². The first-order chi connectivity index (χ1) is 3.48. The molecule has 2 N–H and O–H groups in total. The molecular formula is C4H6O4. The van der Waals surface area contributed by atoms with Gasteiger partial charge in [-0.05, 0) is 6.92 Å². The van der Waals surface area contributed by atoms with Gasteiger partial charge in [0.15, 0.2) is 6.29 Å². The van der Waals surface area contributed by atoms with Crippen LogP contribution in [-0.2, 0) is 9.59 Å². The monoisotopic (exact) mass is 118 g/mol. The van der Waals surface area contributed by atoms with E-state index >= 15 is 0 Å². The average molecular weight is 118 g/mol. The number of carbonyl (C=O) groups is 2. The average Bonchev–Trinajstić information content (AvgIpc) is 1.62. The van der Waals surface area contributed by atoms with Gasteiger partial charge in [0, 0.05) is 0 Å². The third-order valence-corrected chi connectivity index (χ3v) is 0.574. The fourth-order valence-electron chi connectivity index (χ4n) is 0.112. The van der Waals surface area contributed by atoms with Crippen LogP contribution in [0, 0.1) is 0 Å². The number of hydrogen-bond donors (Lipinski definition) is 2. The summed E-state index contributed by atoms with van der Waals surface area (Å²) in [5, 5.41) is 16.5. The summed E-state index contributed by atoms with van der Waals surface area (Å²) < 4.78 is 0. The van der Waals surface area contributed by atoms with Crippen molar-refractivity contribution in [2.24, 2.45) is 0 Å². The van der Waals surface area contributed by atoms with Crippen LogP contribution in [0.15, 0.2) is 0 Å². The van der Waals surface area contributed by atoms with E-state index in [-0.39, 0.29) is 6.29 Å². The number of aliphatic hydroxyl groups is 2. The molecule has 0 saturated heterocycles. The molecule has 0 aliphatic heterocycles. The number of aldehydes is 1. The first kappa shape index (κ1) is 7.26. The maximum atomic E-state index is 9.97. The van der Waals surface area contributed by atoms with Gasteiger partial charge in [0.25, 0.3) is 5.78 Å². The second-order valence-corrected chi connectivity index (χ2v) is 1.50. The van der Waals surface area contributed by atoms with Crippen molar-refractivity contribution >= 4 is 12.1 Å². The topological polar surface area (TPSA) is 74.6 Å². The first-order valence-electron chi connectivity index (χ1n) is 1.93. The fraction of sp³-hybridized carbons (Fsp3) is 0.500. The van der Waals surface area contributed by atoms with Crippen molar-refractivity contribution in [1.29, 1.82) is 0 Å². The SMILES string of the molecule is CC(O)(O)C(=O)C=O. The van der Waals surface area contributed by atoms with Gasteiger partial charge in [-0.25, -0.2) is 0 Å². The smallest absolute Gasteiger partial charge is 0.253 e. The van der Waals surface area contributed by atoms with E-state index in [2.05, 4.69) is 0 Å². The Labute approximate surface area is 45.7 Å². The lowest BCUT2D eigenvalue weighted by atomic mass is 10.2. The summed E-state index contributed by atoms with van der Waals surface area (Å²) >= 11 is 0. The van der Waals surface area contributed by atoms with Crippen LogP contribution in [0.4, 0.5) is 0 Å². The molecule has 0 saturated carbocycles. The largest absolute Gasteiger partial charge is 0.360 e. The van der Waals surface area contributed by atoms with Crippen molar-refractivity contribution in [3.8, 4) is 0 Å². The highest BCUT2D eigenvalue weighted by Crippen LogP contribution is 1.94. The Morgan fingerprint density at radius 1 is 1.62 bits per heavy atom. The number of Topliss-reactive ketones (excluding diaryl/α,β-unsaturated/α-hetero) is 1. The number of ketones is 1. The Morgan fingerprint density at radius 2 is 2.00 bits per heavy atom. The van der Waals surface area contributed by atoms with Crippen LogP contribution in [-0.4, -0.2) is 28.1 Å². The molecule has 46 valence electrons. The summed E-state index contributed by atoms with van der Waals surface area (Å²) in [6.07, 6.45) is -0.139. The van der Waals surface area contributed by atoms with Crippen LogP contribution in [0.3, 0.4) is 0 Å². The fourth-order valence-corrected chi connectivity index (χ4v) is 0.112. The zero-order valence-corrected chi connectivity index (χ0v) is 4.29.